The van der Waals surface area contributed by atoms with Crippen LogP contribution in [0.1, 0.15) is 42.6 Å². The third kappa shape index (κ3) is 4.66. The van der Waals surface area contributed by atoms with Crippen molar-refractivity contribution in [2.75, 3.05) is 20.2 Å². The van der Waals surface area contributed by atoms with Gasteiger partial charge in [0, 0.05) is 27.9 Å². The summed E-state index contributed by atoms with van der Waals surface area (Å²) in [6.45, 7) is 5.77. The standard InChI is InChI=1S/C29H31N3O3/c1-29(2,20-11-13-22(14-12-20)35-18-21-7-6-16-32(21)3)31-28(34)19-10-15-24-26(17-19)30-25-9-5-4-8-23(25)27(24)33/h4-5,8-15,17,21H,6-7,16,18H2,1-3H3,(H,30,33)(H,31,34)/t21-/m0/s1. The molecule has 4 aromatic rings. The first-order valence-corrected chi connectivity index (χ1v) is 12.1. The Hall–Kier alpha value is -3.64. The zero-order chi connectivity index (χ0) is 24.6. The lowest BCUT2D eigenvalue weighted by molar-refractivity contribution is 0.0912. The number of carbonyl (C=O) groups is 1. The summed E-state index contributed by atoms with van der Waals surface area (Å²) >= 11 is 0. The number of rotatable bonds is 6. The largest absolute Gasteiger partial charge is 0.492 e. The molecule has 2 N–H and O–H groups in total. The normalized spacial score (nSPS) is 16.6. The lowest BCUT2D eigenvalue weighted by atomic mass is 9.93. The van der Waals surface area contributed by atoms with Crippen molar-refractivity contribution in [2.24, 2.45) is 0 Å². The van der Waals surface area contributed by atoms with Gasteiger partial charge >= 0.3 is 0 Å². The van der Waals surface area contributed by atoms with Gasteiger partial charge in [-0.3, -0.25) is 9.59 Å². The number of H-pyrrole nitrogens is 1. The van der Waals surface area contributed by atoms with Crippen LogP contribution in [0.25, 0.3) is 21.8 Å². The van der Waals surface area contributed by atoms with Gasteiger partial charge in [-0.15, -0.1) is 0 Å². The molecule has 5 rings (SSSR count). The van der Waals surface area contributed by atoms with Gasteiger partial charge < -0.3 is 19.9 Å². The second-order valence-electron chi connectivity index (χ2n) is 9.95. The Bertz CT molecular complexity index is 1440. The van der Waals surface area contributed by atoms with Crippen molar-refractivity contribution in [3.8, 4) is 5.75 Å². The van der Waals surface area contributed by atoms with Crippen molar-refractivity contribution >= 4 is 27.7 Å². The average Bonchev–Trinajstić information content (AvgIpc) is 3.27. The Labute approximate surface area is 204 Å². The number of fused-ring (bicyclic) bond motifs is 2. The van der Waals surface area contributed by atoms with Crippen molar-refractivity contribution < 1.29 is 9.53 Å². The Morgan fingerprint density at radius 2 is 1.80 bits per heavy atom. The molecular formula is C29H31N3O3. The number of ether oxygens (including phenoxy) is 1. The molecule has 6 nitrogen and oxygen atoms in total. The van der Waals surface area contributed by atoms with E-state index in [2.05, 4.69) is 22.2 Å². The summed E-state index contributed by atoms with van der Waals surface area (Å²) in [7, 11) is 2.14. The van der Waals surface area contributed by atoms with Crippen molar-refractivity contribution in [2.45, 2.75) is 38.3 Å². The van der Waals surface area contributed by atoms with E-state index in [1.54, 1.807) is 24.3 Å². The number of pyridine rings is 1. The number of carbonyl (C=O) groups excluding carboxylic acids is 1. The van der Waals surface area contributed by atoms with Crippen LogP contribution in [0.4, 0.5) is 0 Å². The van der Waals surface area contributed by atoms with Gasteiger partial charge in [0.05, 0.1) is 11.1 Å². The topological polar surface area (TPSA) is 74.4 Å². The van der Waals surface area contributed by atoms with E-state index < -0.39 is 5.54 Å². The zero-order valence-corrected chi connectivity index (χ0v) is 20.4. The second-order valence-corrected chi connectivity index (χ2v) is 9.95. The Morgan fingerprint density at radius 1 is 1.06 bits per heavy atom. The van der Waals surface area contributed by atoms with Gasteiger partial charge in [-0.25, -0.2) is 0 Å². The molecule has 1 saturated heterocycles. The average molecular weight is 470 g/mol. The van der Waals surface area contributed by atoms with E-state index in [1.165, 1.54) is 12.8 Å². The van der Waals surface area contributed by atoms with E-state index in [9.17, 15) is 9.59 Å². The minimum Gasteiger partial charge on any atom is -0.492 e. The van der Waals surface area contributed by atoms with Gasteiger partial charge in [-0.1, -0.05) is 24.3 Å². The first-order chi connectivity index (χ1) is 16.8. The Balaban J connectivity index is 1.31. The number of hydrogen-bond donors (Lipinski definition) is 2. The maximum absolute atomic E-state index is 13.1. The number of hydrogen-bond acceptors (Lipinski definition) is 4. The van der Waals surface area contributed by atoms with Crippen LogP contribution in [-0.2, 0) is 5.54 Å². The van der Waals surface area contributed by atoms with Crippen molar-refractivity contribution in [3.05, 3.63) is 88.1 Å². The number of nitrogens with zero attached hydrogens (tertiary/aromatic N) is 1. The van der Waals surface area contributed by atoms with Crippen LogP contribution in [0, 0.1) is 0 Å². The van der Waals surface area contributed by atoms with Gasteiger partial charge in [-0.2, -0.15) is 0 Å². The molecule has 1 fully saturated rings. The molecule has 1 aliphatic heterocycles. The third-order valence-electron chi connectivity index (χ3n) is 7.08. The molecule has 1 aliphatic rings. The highest BCUT2D eigenvalue weighted by Gasteiger charge is 2.25. The molecule has 0 spiro atoms. The first-order valence-electron chi connectivity index (χ1n) is 12.1. The smallest absolute Gasteiger partial charge is 0.252 e. The number of amides is 1. The molecule has 0 radical (unpaired) electrons. The summed E-state index contributed by atoms with van der Waals surface area (Å²) in [4.78, 5) is 31.6. The number of nitrogens with one attached hydrogen (secondary N) is 2. The van der Waals surface area contributed by atoms with Gasteiger partial charge in [0.1, 0.15) is 12.4 Å². The molecule has 6 heteroatoms. The lowest BCUT2D eigenvalue weighted by Crippen LogP contribution is -2.41. The van der Waals surface area contributed by atoms with Gasteiger partial charge in [0.25, 0.3) is 5.91 Å². The number of likely N-dealkylation sites (tertiary alicyclic amines) is 1. The van der Waals surface area contributed by atoms with E-state index in [-0.39, 0.29) is 11.3 Å². The zero-order valence-electron chi connectivity index (χ0n) is 20.4. The molecule has 0 saturated carbocycles. The quantitative estimate of drug-likeness (QED) is 0.397. The van der Waals surface area contributed by atoms with E-state index in [0.717, 1.165) is 23.4 Å². The number of para-hydroxylation sites is 1. The SMILES string of the molecule is CN1CCC[C@H]1COc1ccc(C(C)(C)NC(=O)c2ccc3c(=O)c4ccccc4[nH]c3c2)cc1. The van der Waals surface area contributed by atoms with E-state index in [0.29, 0.717) is 34.5 Å². The number of aromatic amines is 1. The molecule has 1 atom stereocenters. The van der Waals surface area contributed by atoms with Crippen LogP contribution in [0.15, 0.2) is 71.5 Å². The molecule has 0 aliphatic carbocycles. The van der Waals surface area contributed by atoms with Gasteiger partial charge in [0.15, 0.2) is 5.43 Å². The molecule has 1 amide bonds. The molecule has 1 aromatic heterocycles. The summed E-state index contributed by atoms with van der Waals surface area (Å²) in [6, 6.07) is 21.0. The van der Waals surface area contributed by atoms with Gasteiger partial charge in [-0.05, 0) is 88.3 Å². The summed E-state index contributed by atoms with van der Waals surface area (Å²) in [5.41, 5.74) is 2.25. The predicted octanol–water partition coefficient (Wildman–Crippen LogP) is 4.82. The fourth-order valence-electron chi connectivity index (χ4n) is 4.85. The van der Waals surface area contributed by atoms with Crippen molar-refractivity contribution in [1.29, 1.82) is 0 Å². The monoisotopic (exact) mass is 469 g/mol. The van der Waals surface area contributed by atoms with Crippen LogP contribution in [0.5, 0.6) is 5.75 Å². The van der Waals surface area contributed by atoms with Crippen molar-refractivity contribution in [1.82, 2.24) is 15.2 Å². The fourth-order valence-corrected chi connectivity index (χ4v) is 4.85. The highest BCUT2D eigenvalue weighted by atomic mass is 16.5. The number of likely N-dealkylation sites (N-methyl/N-ethyl adjacent to an activating group) is 1. The molecule has 3 aromatic carbocycles. The van der Waals surface area contributed by atoms with Crippen molar-refractivity contribution in [3.63, 3.8) is 0 Å². The first kappa shape index (κ1) is 23.1. The summed E-state index contributed by atoms with van der Waals surface area (Å²) < 4.78 is 6.00. The number of benzene rings is 3. The van der Waals surface area contributed by atoms with Crippen LogP contribution in [0.2, 0.25) is 0 Å². The summed E-state index contributed by atoms with van der Waals surface area (Å²) in [5, 5.41) is 4.34. The highest BCUT2D eigenvalue weighted by molar-refractivity contribution is 6.00. The fraction of sp³-hybridized carbons (Fsp3) is 0.310. The Kier molecular flexibility index (Phi) is 6.07. The molecule has 0 unspecified atom stereocenters. The Morgan fingerprint density at radius 3 is 2.54 bits per heavy atom. The van der Waals surface area contributed by atoms with E-state index >= 15 is 0 Å². The van der Waals surface area contributed by atoms with E-state index in [4.69, 9.17) is 4.74 Å². The maximum Gasteiger partial charge on any atom is 0.252 e. The van der Waals surface area contributed by atoms with Gasteiger partial charge in [0.2, 0.25) is 0 Å². The van der Waals surface area contributed by atoms with Crippen LogP contribution in [0.3, 0.4) is 0 Å². The predicted molar refractivity (Wildman–Crippen MR) is 140 cm³/mol. The lowest BCUT2D eigenvalue weighted by Gasteiger charge is -2.27. The maximum atomic E-state index is 13.1. The minimum atomic E-state index is -0.590. The minimum absolute atomic E-state index is 0.0384. The molecule has 35 heavy (non-hydrogen) atoms. The molecular weight excluding hydrogens is 438 g/mol. The second kappa shape index (κ2) is 9.19. The summed E-state index contributed by atoms with van der Waals surface area (Å²) in [5.74, 6) is 0.636. The molecule has 180 valence electrons. The van der Waals surface area contributed by atoms with Crippen LogP contribution >= 0.6 is 0 Å². The molecule has 2 heterocycles. The summed E-state index contributed by atoms with van der Waals surface area (Å²) in [6.07, 6.45) is 2.40. The van der Waals surface area contributed by atoms with Crippen LogP contribution in [-0.4, -0.2) is 42.0 Å². The third-order valence-corrected chi connectivity index (χ3v) is 7.08. The number of aromatic nitrogens is 1. The molecule has 0 bridgehead atoms. The van der Waals surface area contributed by atoms with E-state index in [1.807, 2.05) is 56.3 Å². The van der Waals surface area contributed by atoms with Crippen LogP contribution < -0.4 is 15.5 Å². The highest BCUT2D eigenvalue weighted by Crippen LogP contribution is 2.25.